The number of imide groups is 1. The van der Waals surface area contributed by atoms with Gasteiger partial charge in [-0.1, -0.05) is 0 Å². The maximum Gasteiger partial charge on any atom is 0.251 e. The molecule has 1 saturated heterocycles. The molecular weight excluding hydrogens is 242 g/mol. The summed E-state index contributed by atoms with van der Waals surface area (Å²) in [5, 5.41) is 0. The van der Waals surface area contributed by atoms with Gasteiger partial charge in [-0.3, -0.25) is 9.59 Å². The van der Waals surface area contributed by atoms with Crippen LogP contribution in [0, 0.1) is 0 Å². The predicted molar refractivity (Wildman–Crippen MR) is 75.1 cm³/mol. The van der Waals surface area contributed by atoms with Crippen LogP contribution in [0.5, 0.6) is 0 Å². The Morgan fingerprint density at radius 3 is 2.21 bits per heavy atom. The van der Waals surface area contributed by atoms with Gasteiger partial charge in [-0.05, 0) is 38.1 Å². The molecule has 0 bridgehead atoms. The molecule has 19 heavy (non-hydrogen) atoms. The van der Waals surface area contributed by atoms with E-state index in [9.17, 15) is 9.59 Å². The zero-order chi connectivity index (χ0) is 14.0. The Morgan fingerprint density at radius 1 is 1.21 bits per heavy atom. The minimum Gasteiger partial charge on any atom is -0.372 e. The van der Waals surface area contributed by atoms with E-state index >= 15 is 0 Å². The minimum absolute atomic E-state index is 0.0939. The minimum atomic E-state index is -0.699. The van der Waals surface area contributed by atoms with E-state index in [1.165, 1.54) is 4.90 Å². The molecule has 5 heteroatoms. The third-order valence-corrected chi connectivity index (χ3v) is 3.42. The lowest BCUT2D eigenvalue weighted by Crippen LogP contribution is -2.35. The predicted octanol–water partition coefficient (Wildman–Crippen LogP) is 1.12. The number of nitrogens with zero attached hydrogens (tertiary/aromatic N) is 2. The molecule has 1 atom stereocenters. The van der Waals surface area contributed by atoms with Gasteiger partial charge in [0.1, 0.15) is 0 Å². The number of benzene rings is 1. The van der Waals surface area contributed by atoms with Crippen LogP contribution in [0.4, 0.5) is 11.4 Å². The third-order valence-electron chi connectivity index (χ3n) is 3.42. The van der Waals surface area contributed by atoms with E-state index in [4.69, 9.17) is 5.73 Å². The summed E-state index contributed by atoms with van der Waals surface area (Å²) in [7, 11) is 0. The maximum atomic E-state index is 11.8. The van der Waals surface area contributed by atoms with Crippen LogP contribution in [-0.4, -0.2) is 30.9 Å². The Balaban J connectivity index is 2.23. The SMILES string of the molecule is CCN(CC)c1ccc(N2C(=O)CC(N)C2=O)cc1. The molecular formula is C14H19N3O2. The van der Waals surface area contributed by atoms with Gasteiger partial charge in [-0.25, -0.2) is 4.90 Å². The van der Waals surface area contributed by atoms with Gasteiger partial charge in [0.05, 0.1) is 18.2 Å². The molecule has 2 N–H and O–H groups in total. The lowest BCUT2D eigenvalue weighted by Gasteiger charge is -2.22. The average Bonchev–Trinajstić information content (AvgIpc) is 2.66. The first-order chi connectivity index (χ1) is 9.08. The fourth-order valence-corrected chi connectivity index (χ4v) is 2.33. The lowest BCUT2D eigenvalue weighted by atomic mass is 10.2. The smallest absolute Gasteiger partial charge is 0.251 e. The van der Waals surface area contributed by atoms with Crippen LogP contribution in [0.15, 0.2) is 24.3 Å². The first-order valence-electron chi connectivity index (χ1n) is 6.55. The molecule has 1 aliphatic rings. The summed E-state index contributed by atoms with van der Waals surface area (Å²) in [6.07, 6.45) is 0.0939. The third kappa shape index (κ3) is 2.46. The van der Waals surface area contributed by atoms with Crippen LogP contribution in [0.3, 0.4) is 0 Å². The van der Waals surface area contributed by atoms with E-state index in [0.29, 0.717) is 5.69 Å². The van der Waals surface area contributed by atoms with Gasteiger partial charge in [0.25, 0.3) is 5.91 Å². The van der Waals surface area contributed by atoms with Gasteiger partial charge in [-0.15, -0.1) is 0 Å². The highest BCUT2D eigenvalue weighted by molar-refractivity contribution is 6.22. The number of rotatable bonds is 4. The molecule has 1 fully saturated rings. The summed E-state index contributed by atoms with van der Waals surface area (Å²) in [5.41, 5.74) is 7.27. The van der Waals surface area contributed by atoms with E-state index in [2.05, 4.69) is 18.7 Å². The van der Waals surface area contributed by atoms with Crippen molar-refractivity contribution < 1.29 is 9.59 Å². The average molecular weight is 261 g/mol. The fraction of sp³-hybridized carbons (Fsp3) is 0.429. The summed E-state index contributed by atoms with van der Waals surface area (Å²) < 4.78 is 0. The van der Waals surface area contributed by atoms with Crippen LogP contribution in [-0.2, 0) is 9.59 Å². The van der Waals surface area contributed by atoms with Crippen molar-refractivity contribution in [2.24, 2.45) is 5.73 Å². The molecule has 0 radical (unpaired) electrons. The first-order valence-corrected chi connectivity index (χ1v) is 6.55. The fourth-order valence-electron chi connectivity index (χ4n) is 2.33. The molecule has 0 aromatic heterocycles. The first kappa shape index (κ1) is 13.5. The van der Waals surface area contributed by atoms with Gasteiger partial charge in [-0.2, -0.15) is 0 Å². The van der Waals surface area contributed by atoms with Crippen LogP contribution in [0.25, 0.3) is 0 Å². The van der Waals surface area contributed by atoms with Crippen molar-refractivity contribution in [3.63, 3.8) is 0 Å². The zero-order valence-electron chi connectivity index (χ0n) is 11.3. The van der Waals surface area contributed by atoms with Crippen molar-refractivity contribution in [2.45, 2.75) is 26.3 Å². The number of nitrogens with two attached hydrogens (primary N) is 1. The highest BCUT2D eigenvalue weighted by Gasteiger charge is 2.37. The number of amides is 2. The van der Waals surface area contributed by atoms with E-state index in [-0.39, 0.29) is 18.2 Å². The van der Waals surface area contributed by atoms with E-state index in [1.807, 2.05) is 12.1 Å². The number of anilines is 2. The molecule has 0 aliphatic carbocycles. The second kappa shape index (κ2) is 5.40. The maximum absolute atomic E-state index is 11.8. The number of hydrogen-bond acceptors (Lipinski definition) is 4. The molecule has 0 saturated carbocycles. The van der Waals surface area contributed by atoms with Crippen LogP contribution >= 0.6 is 0 Å². The summed E-state index contributed by atoms with van der Waals surface area (Å²) >= 11 is 0. The molecule has 2 rings (SSSR count). The van der Waals surface area contributed by atoms with Crippen molar-refractivity contribution in [1.29, 1.82) is 0 Å². The summed E-state index contributed by atoms with van der Waals surface area (Å²) in [5.74, 6) is -0.548. The second-order valence-corrected chi connectivity index (χ2v) is 4.57. The number of carbonyl (C=O) groups is 2. The molecule has 1 heterocycles. The number of hydrogen-bond donors (Lipinski definition) is 1. The molecule has 1 aromatic rings. The summed E-state index contributed by atoms with van der Waals surface area (Å²) in [6.45, 7) is 6.01. The Kier molecular flexibility index (Phi) is 3.85. The summed E-state index contributed by atoms with van der Waals surface area (Å²) in [6, 6.07) is 6.73. The van der Waals surface area contributed by atoms with Gasteiger partial charge < -0.3 is 10.6 Å². The van der Waals surface area contributed by atoms with Crippen molar-refractivity contribution in [3.8, 4) is 0 Å². The second-order valence-electron chi connectivity index (χ2n) is 4.57. The van der Waals surface area contributed by atoms with Crippen molar-refractivity contribution in [2.75, 3.05) is 22.9 Å². The Morgan fingerprint density at radius 2 is 1.79 bits per heavy atom. The van der Waals surface area contributed by atoms with Crippen LogP contribution < -0.4 is 15.5 Å². The summed E-state index contributed by atoms with van der Waals surface area (Å²) in [4.78, 5) is 26.9. The van der Waals surface area contributed by atoms with Crippen molar-refractivity contribution >= 4 is 23.2 Å². The van der Waals surface area contributed by atoms with E-state index in [1.54, 1.807) is 12.1 Å². The largest absolute Gasteiger partial charge is 0.372 e. The molecule has 1 unspecified atom stereocenters. The van der Waals surface area contributed by atoms with Gasteiger partial charge in [0.15, 0.2) is 0 Å². The molecule has 0 spiro atoms. The molecule has 2 amide bonds. The molecule has 5 nitrogen and oxygen atoms in total. The Hall–Kier alpha value is -1.88. The zero-order valence-corrected chi connectivity index (χ0v) is 11.3. The van der Waals surface area contributed by atoms with Gasteiger partial charge >= 0.3 is 0 Å². The van der Waals surface area contributed by atoms with Gasteiger partial charge in [0, 0.05) is 18.8 Å². The van der Waals surface area contributed by atoms with Crippen molar-refractivity contribution in [3.05, 3.63) is 24.3 Å². The Bertz CT molecular complexity index is 480. The van der Waals surface area contributed by atoms with E-state index in [0.717, 1.165) is 18.8 Å². The highest BCUT2D eigenvalue weighted by atomic mass is 16.2. The normalized spacial score (nSPS) is 19.1. The molecule has 102 valence electrons. The lowest BCUT2D eigenvalue weighted by molar-refractivity contribution is -0.121. The van der Waals surface area contributed by atoms with Gasteiger partial charge in [0.2, 0.25) is 5.91 Å². The van der Waals surface area contributed by atoms with Crippen molar-refractivity contribution in [1.82, 2.24) is 0 Å². The van der Waals surface area contributed by atoms with E-state index < -0.39 is 6.04 Å². The molecule has 1 aromatic carbocycles. The van der Waals surface area contributed by atoms with Crippen LogP contribution in [0.1, 0.15) is 20.3 Å². The number of carbonyl (C=O) groups excluding carboxylic acids is 2. The molecule has 1 aliphatic heterocycles. The quantitative estimate of drug-likeness (QED) is 0.825. The topological polar surface area (TPSA) is 66.6 Å². The highest BCUT2D eigenvalue weighted by Crippen LogP contribution is 2.25. The standard InChI is InChI=1S/C14H19N3O2/c1-3-16(4-2)10-5-7-11(8-6-10)17-13(18)9-12(15)14(17)19/h5-8,12H,3-4,9,15H2,1-2H3. The van der Waals surface area contributed by atoms with Crippen LogP contribution in [0.2, 0.25) is 0 Å². The monoisotopic (exact) mass is 261 g/mol. The Labute approximate surface area is 113 Å².